The molecule has 2 aromatic heterocycles. The van der Waals surface area contributed by atoms with Crippen LogP contribution in [0.2, 0.25) is 0 Å². The summed E-state index contributed by atoms with van der Waals surface area (Å²) < 4.78 is 0. The van der Waals surface area contributed by atoms with E-state index in [2.05, 4.69) is 39.3 Å². The number of aromatic amines is 1. The van der Waals surface area contributed by atoms with Gasteiger partial charge in [0.05, 0.1) is 18.3 Å². The average Bonchev–Trinajstić information content (AvgIpc) is 2.93. The molecule has 3 heterocycles. The quantitative estimate of drug-likeness (QED) is 0.352. The Hall–Kier alpha value is -3.65. The first-order valence-electron chi connectivity index (χ1n) is 12.7. The number of benzene rings is 1. The van der Waals surface area contributed by atoms with Gasteiger partial charge >= 0.3 is 0 Å². The lowest BCUT2D eigenvalue weighted by Crippen LogP contribution is -2.31. The molecular formula is C28H35N5O3. The van der Waals surface area contributed by atoms with E-state index >= 15 is 0 Å². The minimum absolute atomic E-state index is 0.00869. The number of carbonyl (C=O) groups is 1. The number of carbonyl (C=O) groups excluding carboxylic acids is 1. The molecule has 1 fully saturated rings. The van der Waals surface area contributed by atoms with E-state index in [1.165, 1.54) is 19.3 Å². The fraction of sp³-hybridized carbons (Fsp3) is 0.393. The van der Waals surface area contributed by atoms with E-state index in [-0.39, 0.29) is 35.7 Å². The first kappa shape index (κ1) is 25.4. The van der Waals surface area contributed by atoms with Crippen molar-refractivity contribution >= 4 is 23.1 Å². The van der Waals surface area contributed by atoms with Crippen molar-refractivity contribution in [2.45, 2.75) is 45.6 Å². The van der Waals surface area contributed by atoms with Crippen molar-refractivity contribution in [3.8, 4) is 11.3 Å². The normalized spacial score (nSPS) is 15.2. The molecular weight excluding hydrogens is 454 g/mol. The number of hydrogen-bond acceptors (Lipinski definition) is 6. The smallest absolute Gasteiger partial charge is 0.271 e. The highest BCUT2D eigenvalue weighted by Gasteiger charge is 2.16. The number of piperidine rings is 1. The van der Waals surface area contributed by atoms with Gasteiger partial charge in [-0.3, -0.25) is 9.59 Å². The third-order valence-electron chi connectivity index (χ3n) is 6.91. The van der Waals surface area contributed by atoms with Crippen molar-refractivity contribution in [1.82, 2.24) is 9.97 Å². The zero-order valence-electron chi connectivity index (χ0n) is 21.0. The molecule has 1 aromatic carbocycles. The van der Waals surface area contributed by atoms with E-state index in [1.807, 2.05) is 30.3 Å². The first-order chi connectivity index (χ1) is 17.5. The number of aliphatic hydroxyl groups is 1. The van der Waals surface area contributed by atoms with Gasteiger partial charge < -0.3 is 25.6 Å². The van der Waals surface area contributed by atoms with Crippen LogP contribution in [0.3, 0.4) is 0 Å². The fourth-order valence-corrected chi connectivity index (χ4v) is 4.41. The highest BCUT2D eigenvalue weighted by molar-refractivity contribution is 6.04. The molecule has 4 rings (SSSR count). The topological polar surface area (TPSA) is 110 Å². The largest absolute Gasteiger partial charge is 0.394 e. The van der Waals surface area contributed by atoms with Crippen LogP contribution < -0.4 is 21.1 Å². The van der Waals surface area contributed by atoms with Crippen molar-refractivity contribution < 1.29 is 9.90 Å². The number of nitrogens with one attached hydrogen (secondary N) is 3. The molecule has 0 radical (unpaired) electrons. The third kappa shape index (κ3) is 6.12. The standard InChI is InChI=1S/C28H35N5O3/c1-3-19(2)25(18-34)31-26-9-7-8-23(30-26)21-16-24(28(36)29-17-21)32-27(35)20-10-12-22(13-11-20)33-14-5-4-6-15-33/h7-13,16-17,19,25,34H,3-6,14-15,18H2,1-2H3,(H,29,36)(H,30,31)(H,32,35)/t19?,25-/m1/s1. The number of H-pyrrole nitrogens is 1. The third-order valence-corrected chi connectivity index (χ3v) is 6.91. The second kappa shape index (κ2) is 11.9. The summed E-state index contributed by atoms with van der Waals surface area (Å²) in [5, 5.41) is 15.8. The van der Waals surface area contributed by atoms with Gasteiger partial charge in [0.1, 0.15) is 11.5 Å². The molecule has 8 heteroatoms. The van der Waals surface area contributed by atoms with Crippen LogP contribution in [0.1, 0.15) is 49.9 Å². The van der Waals surface area contributed by atoms with Crippen molar-refractivity contribution in [2.75, 3.05) is 35.2 Å². The van der Waals surface area contributed by atoms with Gasteiger partial charge in [0.15, 0.2) is 0 Å². The van der Waals surface area contributed by atoms with Crippen LogP contribution in [-0.4, -0.2) is 46.7 Å². The number of pyridine rings is 2. The van der Waals surface area contributed by atoms with Crippen molar-refractivity contribution in [1.29, 1.82) is 0 Å². The molecule has 0 saturated carbocycles. The monoisotopic (exact) mass is 489 g/mol. The van der Waals surface area contributed by atoms with E-state index in [4.69, 9.17) is 0 Å². The number of aliphatic hydroxyl groups excluding tert-OH is 1. The Morgan fingerprint density at radius 1 is 1.14 bits per heavy atom. The van der Waals surface area contributed by atoms with E-state index in [1.54, 1.807) is 24.4 Å². The lowest BCUT2D eigenvalue weighted by Gasteiger charge is -2.28. The van der Waals surface area contributed by atoms with Gasteiger partial charge in [-0.15, -0.1) is 0 Å². The van der Waals surface area contributed by atoms with Crippen LogP contribution in [0.15, 0.2) is 59.5 Å². The van der Waals surface area contributed by atoms with Crippen LogP contribution in [-0.2, 0) is 0 Å². The van der Waals surface area contributed by atoms with E-state index in [0.29, 0.717) is 22.6 Å². The summed E-state index contributed by atoms with van der Waals surface area (Å²) in [4.78, 5) is 35.0. The number of nitrogens with zero attached hydrogens (tertiary/aromatic N) is 2. The number of anilines is 3. The lowest BCUT2D eigenvalue weighted by molar-refractivity contribution is 0.102. The Morgan fingerprint density at radius 2 is 1.89 bits per heavy atom. The van der Waals surface area contributed by atoms with Gasteiger partial charge in [-0.2, -0.15) is 0 Å². The van der Waals surface area contributed by atoms with Gasteiger partial charge in [0.2, 0.25) is 0 Å². The number of aromatic nitrogens is 2. The van der Waals surface area contributed by atoms with Crippen LogP contribution in [0.5, 0.6) is 0 Å². The average molecular weight is 490 g/mol. The predicted octanol–water partition coefficient (Wildman–Crippen LogP) is 4.50. The second-order valence-corrected chi connectivity index (χ2v) is 9.41. The van der Waals surface area contributed by atoms with Crippen LogP contribution in [0, 0.1) is 5.92 Å². The van der Waals surface area contributed by atoms with Crippen molar-refractivity contribution in [2.24, 2.45) is 5.92 Å². The summed E-state index contributed by atoms with van der Waals surface area (Å²) in [6.07, 6.45) is 6.16. The minimum Gasteiger partial charge on any atom is -0.394 e. The maximum absolute atomic E-state index is 12.9. The van der Waals surface area contributed by atoms with Gasteiger partial charge in [0.25, 0.3) is 11.5 Å². The highest BCUT2D eigenvalue weighted by atomic mass is 16.3. The van der Waals surface area contributed by atoms with Gasteiger partial charge in [0, 0.05) is 36.1 Å². The molecule has 2 atom stereocenters. The minimum atomic E-state index is -0.386. The Morgan fingerprint density at radius 3 is 2.58 bits per heavy atom. The molecule has 8 nitrogen and oxygen atoms in total. The zero-order valence-corrected chi connectivity index (χ0v) is 21.0. The van der Waals surface area contributed by atoms with Gasteiger partial charge in [-0.25, -0.2) is 4.98 Å². The van der Waals surface area contributed by atoms with Crippen molar-refractivity contribution in [3.63, 3.8) is 0 Å². The summed E-state index contributed by atoms with van der Waals surface area (Å²) in [7, 11) is 0. The molecule has 0 bridgehead atoms. The van der Waals surface area contributed by atoms with Gasteiger partial charge in [-0.1, -0.05) is 26.3 Å². The van der Waals surface area contributed by atoms with E-state index in [0.717, 1.165) is 25.2 Å². The maximum Gasteiger partial charge on any atom is 0.271 e. The maximum atomic E-state index is 12.9. The lowest BCUT2D eigenvalue weighted by atomic mass is 10.00. The predicted molar refractivity (Wildman–Crippen MR) is 145 cm³/mol. The van der Waals surface area contributed by atoms with E-state index < -0.39 is 0 Å². The second-order valence-electron chi connectivity index (χ2n) is 9.41. The molecule has 1 aliphatic heterocycles. The Kier molecular flexibility index (Phi) is 8.38. The number of rotatable bonds is 9. The van der Waals surface area contributed by atoms with Crippen LogP contribution in [0.25, 0.3) is 11.3 Å². The molecule has 1 amide bonds. The summed E-state index contributed by atoms with van der Waals surface area (Å²) in [5.41, 5.74) is 2.68. The van der Waals surface area contributed by atoms with Crippen LogP contribution >= 0.6 is 0 Å². The summed E-state index contributed by atoms with van der Waals surface area (Å²) in [6.45, 7) is 6.25. The molecule has 4 N–H and O–H groups in total. The molecule has 3 aromatic rings. The first-order valence-corrected chi connectivity index (χ1v) is 12.7. The highest BCUT2D eigenvalue weighted by Crippen LogP contribution is 2.23. The summed E-state index contributed by atoms with van der Waals surface area (Å²) in [5.74, 6) is 0.576. The molecule has 1 unspecified atom stereocenters. The summed E-state index contributed by atoms with van der Waals surface area (Å²) in [6, 6.07) is 14.6. The number of amides is 1. The Balaban J connectivity index is 1.49. The molecule has 0 aliphatic carbocycles. The van der Waals surface area contributed by atoms with E-state index in [9.17, 15) is 14.7 Å². The molecule has 0 spiro atoms. The molecule has 1 aliphatic rings. The molecule has 190 valence electrons. The fourth-order valence-electron chi connectivity index (χ4n) is 4.41. The molecule has 1 saturated heterocycles. The van der Waals surface area contributed by atoms with Crippen molar-refractivity contribution in [3.05, 3.63) is 70.6 Å². The summed E-state index contributed by atoms with van der Waals surface area (Å²) >= 11 is 0. The zero-order chi connectivity index (χ0) is 25.5. The van der Waals surface area contributed by atoms with Crippen LogP contribution in [0.4, 0.5) is 17.2 Å². The molecule has 36 heavy (non-hydrogen) atoms. The Bertz CT molecular complexity index is 1220. The SMILES string of the molecule is CCC(C)[C@@H](CO)Nc1cccc(-c2c[nH]c(=O)c(NC(=O)c3ccc(N4CCCCC4)cc3)c2)n1. The van der Waals surface area contributed by atoms with Gasteiger partial charge in [-0.05, 0) is 67.6 Å². The number of hydrogen-bond donors (Lipinski definition) is 4. The Labute approximate surface area is 211 Å².